The van der Waals surface area contributed by atoms with Crippen molar-refractivity contribution in [3.63, 3.8) is 0 Å². The fourth-order valence-electron chi connectivity index (χ4n) is 3.85. The van der Waals surface area contributed by atoms with Gasteiger partial charge in [0.2, 0.25) is 0 Å². The van der Waals surface area contributed by atoms with E-state index in [4.69, 9.17) is 0 Å². The molecule has 7 nitrogen and oxygen atoms in total. The second-order valence-electron chi connectivity index (χ2n) is 7.22. The van der Waals surface area contributed by atoms with Gasteiger partial charge in [-0.15, -0.1) is 5.10 Å². The highest BCUT2D eigenvalue weighted by molar-refractivity contribution is 5.92. The van der Waals surface area contributed by atoms with Crippen LogP contribution < -0.4 is 5.32 Å². The zero-order valence-corrected chi connectivity index (χ0v) is 15.4. The van der Waals surface area contributed by atoms with Crippen LogP contribution in [0.15, 0.2) is 30.5 Å². The van der Waals surface area contributed by atoms with E-state index < -0.39 is 0 Å². The lowest BCUT2D eigenvalue weighted by atomic mass is 9.98. The highest BCUT2D eigenvalue weighted by Gasteiger charge is 2.30. The first-order chi connectivity index (χ1) is 13.2. The van der Waals surface area contributed by atoms with Gasteiger partial charge in [0, 0.05) is 51.7 Å². The molecule has 0 aliphatic carbocycles. The summed E-state index contributed by atoms with van der Waals surface area (Å²) in [6.45, 7) is 6.85. The van der Waals surface area contributed by atoms with Gasteiger partial charge in [0.15, 0.2) is 5.69 Å². The van der Waals surface area contributed by atoms with Crippen LogP contribution in [0.3, 0.4) is 0 Å². The lowest BCUT2D eigenvalue weighted by Crippen LogP contribution is -2.44. The molecule has 1 unspecified atom stereocenters. The van der Waals surface area contributed by atoms with Crippen LogP contribution in [0.25, 0.3) is 0 Å². The van der Waals surface area contributed by atoms with Crippen molar-refractivity contribution in [2.24, 2.45) is 0 Å². The van der Waals surface area contributed by atoms with Crippen molar-refractivity contribution in [2.75, 3.05) is 45.8 Å². The van der Waals surface area contributed by atoms with Crippen LogP contribution in [-0.2, 0) is 6.54 Å². The molecule has 1 atom stereocenters. The molecule has 1 aromatic heterocycles. The first-order valence-electron chi connectivity index (χ1n) is 9.57. The van der Waals surface area contributed by atoms with Crippen LogP contribution in [0.1, 0.15) is 28.4 Å². The molecule has 4 rings (SSSR count). The summed E-state index contributed by atoms with van der Waals surface area (Å²) in [6, 6.07) is 6.81. The molecule has 2 aliphatic heterocycles. The zero-order valence-electron chi connectivity index (χ0n) is 15.4. The first-order valence-corrected chi connectivity index (χ1v) is 9.57. The molecule has 144 valence electrons. The van der Waals surface area contributed by atoms with Crippen LogP contribution in [0, 0.1) is 5.82 Å². The zero-order chi connectivity index (χ0) is 18.6. The Morgan fingerprint density at radius 1 is 1.19 bits per heavy atom. The maximum absolute atomic E-state index is 14.0. The van der Waals surface area contributed by atoms with Gasteiger partial charge in [-0.05, 0) is 18.1 Å². The monoisotopic (exact) mass is 372 g/mol. The topological polar surface area (TPSA) is 66.3 Å². The molecular weight excluding hydrogens is 347 g/mol. The molecule has 0 spiro atoms. The normalized spacial score (nSPS) is 20.9. The molecule has 8 heteroatoms. The summed E-state index contributed by atoms with van der Waals surface area (Å²) in [4.78, 5) is 16.9. The quantitative estimate of drug-likeness (QED) is 0.847. The molecular formula is C19H25FN6O. The Hall–Kier alpha value is -2.32. The molecule has 1 N–H and O–H groups in total. The fraction of sp³-hybridized carbons (Fsp3) is 0.526. The summed E-state index contributed by atoms with van der Waals surface area (Å²) < 4.78 is 15.7. The van der Waals surface area contributed by atoms with Crippen LogP contribution in [0.4, 0.5) is 4.39 Å². The summed E-state index contributed by atoms with van der Waals surface area (Å²) >= 11 is 0. The van der Waals surface area contributed by atoms with Crippen molar-refractivity contribution in [2.45, 2.75) is 18.9 Å². The molecule has 3 heterocycles. The Morgan fingerprint density at radius 2 is 2.00 bits per heavy atom. The number of hydrogen-bond acceptors (Lipinski definition) is 5. The number of amides is 1. The number of nitrogens with zero attached hydrogens (tertiary/aromatic N) is 5. The van der Waals surface area contributed by atoms with Gasteiger partial charge >= 0.3 is 0 Å². The predicted molar refractivity (Wildman–Crippen MR) is 99.0 cm³/mol. The standard InChI is InChI=1S/C19H25FN6O/c20-17-4-2-1-3-16(17)15-5-8-25(13-15)19(27)18-14-26(23-22-18)12-11-24-9-6-21-7-10-24/h1-4,14-15,21H,5-13H2. The Morgan fingerprint density at radius 3 is 2.81 bits per heavy atom. The Bertz CT molecular complexity index is 788. The number of hydrogen-bond donors (Lipinski definition) is 1. The van der Waals surface area contributed by atoms with E-state index in [9.17, 15) is 9.18 Å². The highest BCUT2D eigenvalue weighted by Crippen LogP contribution is 2.29. The van der Waals surface area contributed by atoms with E-state index in [1.807, 2.05) is 6.07 Å². The van der Waals surface area contributed by atoms with Crippen molar-refractivity contribution >= 4 is 5.91 Å². The summed E-state index contributed by atoms with van der Waals surface area (Å²) in [6.07, 6.45) is 2.49. The van der Waals surface area contributed by atoms with Gasteiger partial charge in [0.1, 0.15) is 5.82 Å². The minimum atomic E-state index is -0.198. The van der Waals surface area contributed by atoms with Gasteiger partial charge in [-0.1, -0.05) is 23.4 Å². The average molecular weight is 372 g/mol. The number of nitrogens with one attached hydrogen (secondary N) is 1. The molecule has 1 amide bonds. The molecule has 0 radical (unpaired) electrons. The highest BCUT2D eigenvalue weighted by atomic mass is 19.1. The van der Waals surface area contributed by atoms with Gasteiger partial charge in [0.25, 0.3) is 5.91 Å². The summed E-state index contributed by atoms with van der Waals surface area (Å²) in [5.74, 6) is -0.282. The lowest BCUT2D eigenvalue weighted by molar-refractivity contribution is 0.0784. The summed E-state index contributed by atoms with van der Waals surface area (Å²) in [7, 11) is 0. The number of benzene rings is 1. The average Bonchev–Trinajstić information content (AvgIpc) is 3.37. The van der Waals surface area contributed by atoms with Crippen molar-refractivity contribution in [1.29, 1.82) is 0 Å². The first kappa shape index (κ1) is 18.1. The summed E-state index contributed by atoms with van der Waals surface area (Å²) in [5, 5.41) is 11.5. The minimum Gasteiger partial charge on any atom is -0.337 e. The molecule has 27 heavy (non-hydrogen) atoms. The van der Waals surface area contributed by atoms with E-state index in [0.717, 1.165) is 45.7 Å². The molecule has 1 aromatic carbocycles. The third-order valence-electron chi connectivity index (χ3n) is 5.43. The van der Waals surface area contributed by atoms with Gasteiger partial charge in [0.05, 0.1) is 12.7 Å². The number of aromatic nitrogens is 3. The van der Waals surface area contributed by atoms with E-state index in [-0.39, 0.29) is 17.6 Å². The molecule has 0 bridgehead atoms. The predicted octanol–water partition coefficient (Wildman–Crippen LogP) is 0.952. The van der Waals surface area contributed by atoms with Gasteiger partial charge in [-0.2, -0.15) is 0 Å². The number of halogens is 1. The Kier molecular flexibility index (Phi) is 5.45. The van der Waals surface area contributed by atoms with Gasteiger partial charge in [-0.3, -0.25) is 14.4 Å². The van der Waals surface area contributed by atoms with Gasteiger partial charge < -0.3 is 10.2 Å². The van der Waals surface area contributed by atoms with E-state index in [1.54, 1.807) is 27.9 Å². The Balaban J connectivity index is 1.33. The second kappa shape index (κ2) is 8.14. The number of carbonyl (C=O) groups is 1. The fourth-order valence-corrected chi connectivity index (χ4v) is 3.85. The largest absolute Gasteiger partial charge is 0.337 e. The molecule has 0 saturated carbocycles. The summed E-state index contributed by atoms with van der Waals surface area (Å²) in [5.41, 5.74) is 1.05. The third-order valence-corrected chi connectivity index (χ3v) is 5.43. The van der Waals surface area contributed by atoms with E-state index in [1.165, 1.54) is 6.07 Å². The van der Waals surface area contributed by atoms with E-state index >= 15 is 0 Å². The SMILES string of the molecule is O=C(c1cn(CCN2CCNCC2)nn1)N1CCC(c2ccccc2F)C1. The molecule has 2 aliphatic rings. The van der Waals surface area contributed by atoms with Crippen LogP contribution in [-0.4, -0.2) is 76.5 Å². The number of carbonyl (C=O) groups excluding carboxylic acids is 1. The number of likely N-dealkylation sites (tertiary alicyclic amines) is 1. The molecule has 2 aromatic rings. The maximum atomic E-state index is 14.0. The van der Waals surface area contributed by atoms with Crippen molar-refractivity contribution < 1.29 is 9.18 Å². The van der Waals surface area contributed by atoms with E-state index in [2.05, 4.69) is 20.5 Å². The second-order valence-corrected chi connectivity index (χ2v) is 7.22. The van der Waals surface area contributed by atoms with Crippen molar-refractivity contribution in [3.05, 3.63) is 47.5 Å². The van der Waals surface area contributed by atoms with Crippen LogP contribution in [0.5, 0.6) is 0 Å². The number of rotatable bonds is 5. The van der Waals surface area contributed by atoms with Gasteiger partial charge in [-0.25, -0.2) is 4.39 Å². The van der Waals surface area contributed by atoms with Crippen LogP contribution >= 0.6 is 0 Å². The maximum Gasteiger partial charge on any atom is 0.276 e. The number of piperazine rings is 1. The third kappa shape index (κ3) is 4.17. The lowest BCUT2D eigenvalue weighted by Gasteiger charge is -2.26. The van der Waals surface area contributed by atoms with E-state index in [0.29, 0.717) is 24.3 Å². The smallest absolute Gasteiger partial charge is 0.276 e. The minimum absolute atomic E-state index is 0.0397. The Labute approximate surface area is 158 Å². The molecule has 2 saturated heterocycles. The van der Waals surface area contributed by atoms with Crippen LogP contribution in [0.2, 0.25) is 0 Å². The van der Waals surface area contributed by atoms with Crippen molar-refractivity contribution in [3.8, 4) is 0 Å². The van der Waals surface area contributed by atoms with Crippen molar-refractivity contribution in [1.82, 2.24) is 30.1 Å². The molecule has 2 fully saturated rings.